The summed E-state index contributed by atoms with van der Waals surface area (Å²) in [5.41, 5.74) is 2.08. The number of carbonyl (C=O) groups is 4. The Morgan fingerprint density at radius 3 is 1.83 bits per heavy atom. The van der Waals surface area contributed by atoms with E-state index in [1.54, 1.807) is 53.4 Å². The number of methoxy groups -OCH3 is 2. The second-order valence-corrected chi connectivity index (χ2v) is 13.4. The lowest BCUT2D eigenvalue weighted by molar-refractivity contribution is -0.144. The highest BCUT2D eigenvalue weighted by Crippen LogP contribution is 2.21. The van der Waals surface area contributed by atoms with E-state index in [1.165, 1.54) is 19.1 Å². The van der Waals surface area contributed by atoms with Gasteiger partial charge in [-0.1, -0.05) is 12.1 Å². The van der Waals surface area contributed by atoms with Crippen LogP contribution in [0.25, 0.3) is 0 Å². The number of ether oxygens (including phenoxy) is 3. The topological polar surface area (TPSA) is 213 Å². The van der Waals surface area contributed by atoms with Crippen molar-refractivity contribution in [3.05, 3.63) is 54.1 Å². The molecule has 266 valence electrons. The van der Waals surface area contributed by atoms with Crippen molar-refractivity contribution in [1.29, 1.82) is 0 Å². The molecule has 0 heterocycles. The molecule has 1 unspecified atom stereocenters. The summed E-state index contributed by atoms with van der Waals surface area (Å²) < 4.78 is 69.6. The average molecular weight is 717 g/mol. The molecule has 0 saturated heterocycles. The van der Waals surface area contributed by atoms with E-state index in [0.29, 0.717) is 22.6 Å². The molecule has 0 fully saturated rings. The number of nitrogens with one attached hydrogen (secondary N) is 2. The summed E-state index contributed by atoms with van der Waals surface area (Å²) in [7, 11) is -3.47. The van der Waals surface area contributed by atoms with E-state index >= 15 is 0 Å². The minimum atomic E-state index is -3.68. The third kappa shape index (κ3) is 15.0. The predicted molar refractivity (Wildman–Crippen MR) is 174 cm³/mol. The molecule has 0 bridgehead atoms. The number of carbonyl (C=O) groups excluding carboxylic acids is 4. The highest BCUT2D eigenvalue weighted by atomic mass is 32.2. The Balaban J connectivity index is 1.94. The SMILES string of the molecule is COC(=O)CCC(NC(=O)Nc1ccc(COC(=O)N(C)c2ccc(N(CCOS(C)(=O)=O)CCOS(C)(=O)=O)cc2)cc1)C(=O)OC. The highest BCUT2D eigenvalue weighted by Gasteiger charge is 2.23. The zero-order chi connectivity index (χ0) is 35.9. The summed E-state index contributed by atoms with van der Waals surface area (Å²) in [5.74, 6) is -1.26. The number of nitrogens with zero attached hydrogens (tertiary/aromatic N) is 2. The van der Waals surface area contributed by atoms with E-state index in [1.807, 2.05) is 0 Å². The maximum Gasteiger partial charge on any atom is 0.414 e. The van der Waals surface area contributed by atoms with Crippen LogP contribution in [-0.4, -0.2) is 107 Å². The van der Waals surface area contributed by atoms with Gasteiger partial charge in [0.1, 0.15) is 12.6 Å². The molecule has 0 aliphatic heterocycles. The first-order chi connectivity index (χ1) is 22.5. The van der Waals surface area contributed by atoms with E-state index in [2.05, 4.69) is 20.1 Å². The molecule has 1 atom stereocenters. The van der Waals surface area contributed by atoms with Gasteiger partial charge in [0.2, 0.25) is 0 Å². The molecule has 17 nitrogen and oxygen atoms in total. The van der Waals surface area contributed by atoms with Crippen LogP contribution >= 0.6 is 0 Å². The summed E-state index contributed by atoms with van der Waals surface area (Å²) in [6, 6.07) is 11.2. The van der Waals surface area contributed by atoms with Crippen molar-refractivity contribution in [2.45, 2.75) is 25.5 Å². The third-order valence-corrected chi connectivity index (χ3v) is 7.61. The standard InChI is InChI=1S/C29H40N4O13S2/c1-32(23-10-12-24(13-11-23)33(16-18-45-47(4,38)39)17-19-46-48(5,40)41)29(37)44-20-21-6-8-22(9-7-21)30-28(36)31-25(27(35)43-3)14-15-26(34)42-2/h6-13,25H,14-20H2,1-5H3,(H2,30,31,36). The summed E-state index contributed by atoms with van der Waals surface area (Å²) >= 11 is 0. The molecule has 48 heavy (non-hydrogen) atoms. The lowest BCUT2D eigenvalue weighted by atomic mass is 10.1. The Hall–Kier alpha value is -4.46. The second kappa shape index (κ2) is 18.8. The third-order valence-electron chi connectivity index (χ3n) is 6.42. The molecule has 3 amide bonds. The van der Waals surface area contributed by atoms with Gasteiger partial charge in [-0.3, -0.25) is 18.1 Å². The zero-order valence-corrected chi connectivity index (χ0v) is 28.8. The van der Waals surface area contributed by atoms with E-state index in [4.69, 9.17) is 13.1 Å². The zero-order valence-electron chi connectivity index (χ0n) is 27.2. The van der Waals surface area contributed by atoms with Crippen molar-refractivity contribution < 1.29 is 58.6 Å². The summed E-state index contributed by atoms with van der Waals surface area (Å²) in [6.07, 6.45) is 1.07. The first-order valence-electron chi connectivity index (χ1n) is 14.3. The first-order valence-corrected chi connectivity index (χ1v) is 17.9. The normalized spacial score (nSPS) is 11.9. The van der Waals surface area contributed by atoms with Gasteiger partial charge in [-0.05, 0) is 48.4 Å². The Morgan fingerprint density at radius 1 is 0.792 bits per heavy atom. The van der Waals surface area contributed by atoms with Crippen molar-refractivity contribution in [1.82, 2.24) is 5.32 Å². The molecule has 19 heteroatoms. The largest absolute Gasteiger partial charge is 0.469 e. The van der Waals surface area contributed by atoms with Crippen LogP contribution in [0.2, 0.25) is 0 Å². The lowest BCUT2D eigenvalue weighted by Gasteiger charge is -2.25. The maximum atomic E-state index is 12.7. The molecule has 2 rings (SSSR count). The number of rotatable bonds is 18. The second-order valence-electron chi connectivity index (χ2n) is 10.2. The monoisotopic (exact) mass is 716 g/mol. The van der Waals surface area contributed by atoms with E-state index in [-0.39, 0.29) is 45.8 Å². The predicted octanol–water partition coefficient (Wildman–Crippen LogP) is 1.83. The Labute approximate surface area is 279 Å². The van der Waals surface area contributed by atoms with Gasteiger partial charge in [0, 0.05) is 43.6 Å². The lowest BCUT2D eigenvalue weighted by Crippen LogP contribution is -2.43. The van der Waals surface area contributed by atoms with Gasteiger partial charge in [0.05, 0.1) is 39.9 Å². The minimum absolute atomic E-state index is 0.0143. The number of benzene rings is 2. The molecule has 2 aromatic carbocycles. The Kier molecular flexibility index (Phi) is 15.5. The molecule has 0 spiro atoms. The molecule has 0 radical (unpaired) electrons. The van der Waals surface area contributed by atoms with Crippen molar-refractivity contribution >= 4 is 61.4 Å². The number of esters is 2. The number of hydrogen-bond donors (Lipinski definition) is 2. The van der Waals surface area contributed by atoms with Crippen LogP contribution in [0.4, 0.5) is 26.7 Å². The fourth-order valence-electron chi connectivity index (χ4n) is 3.97. The van der Waals surface area contributed by atoms with Crippen LogP contribution in [-0.2, 0) is 59.0 Å². The molecular formula is C29H40N4O13S2. The minimum Gasteiger partial charge on any atom is -0.469 e. The van der Waals surface area contributed by atoms with Crippen LogP contribution in [0.1, 0.15) is 18.4 Å². The van der Waals surface area contributed by atoms with Gasteiger partial charge in [-0.2, -0.15) is 16.8 Å². The molecule has 0 aromatic heterocycles. The van der Waals surface area contributed by atoms with Crippen LogP contribution < -0.4 is 20.4 Å². The fraction of sp³-hybridized carbons (Fsp3) is 0.448. The maximum absolute atomic E-state index is 12.7. The van der Waals surface area contributed by atoms with E-state index < -0.39 is 50.3 Å². The highest BCUT2D eigenvalue weighted by molar-refractivity contribution is 7.86. The average Bonchev–Trinajstić information content (AvgIpc) is 3.03. The number of amides is 3. The molecule has 0 aliphatic rings. The molecule has 2 N–H and O–H groups in total. The number of urea groups is 1. The summed E-state index contributed by atoms with van der Waals surface area (Å²) in [6.45, 7) is -0.211. The molecule has 0 saturated carbocycles. The van der Waals surface area contributed by atoms with Crippen LogP contribution in [0.15, 0.2) is 48.5 Å². The summed E-state index contributed by atoms with van der Waals surface area (Å²) in [4.78, 5) is 51.5. The van der Waals surface area contributed by atoms with Crippen molar-refractivity contribution in [2.75, 3.05) is 75.2 Å². The quantitative estimate of drug-likeness (QED) is 0.128. The van der Waals surface area contributed by atoms with Gasteiger partial charge in [-0.25, -0.2) is 14.4 Å². The Bertz CT molecular complexity index is 1560. The first kappa shape index (κ1) is 39.7. The van der Waals surface area contributed by atoms with Crippen LogP contribution in [0.3, 0.4) is 0 Å². The fourth-order valence-corrected chi connectivity index (χ4v) is 4.72. The Morgan fingerprint density at radius 2 is 1.33 bits per heavy atom. The van der Waals surface area contributed by atoms with Crippen LogP contribution in [0.5, 0.6) is 0 Å². The van der Waals surface area contributed by atoms with Gasteiger partial charge in [-0.15, -0.1) is 0 Å². The van der Waals surface area contributed by atoms with Gasteiger partial charge in [0.15, 0.2) is 0 Å². The van der Waals surface area contributed by atoms with Gasteiger partial charge < -0.3 is 29.7 Å². The summed E-state index contributed by atoms with van der Waals surface area (Å²) in [5, 5.41) is 5.02. The number of hydrogen-bond acceptors (Lipinski definition) is 14. The van der Waals surface area contributed by atoms with Gasteiger partial charge in [0.25, 0.3) is 20.2 Å². The molecular weight excluding hydrogens is 676 g/mol. The van der Waals surface area contributed by atoms with Crippen molar-refractivity contribution in [3.8, 4) is 0 Å². The molecule has 2 aromatic rings. The van der Waals surface area contributed by atoms with Gasteiger partial charge >= 0.3 is 24.1 Å². The number of anilines is 3. The van der Waals surface area contributed by atoms with Crippen molar-refractivity contribution in [2.24, 2.45) is 0 Å². The smallest absolute Gasteiger partial charge is 0.414 e. The van der Waals surface area contributed by atoms with Crippen LogP contribution in [0, 0.1) is 0 Å². The molecule has 0 aliphatic carbocycles. The van der Waals surface area contributed by atoms with E-state index in [0.717, 1.165) is 19.6 Å². The van der Waals surface area contributed by atoms with Crippen molar-refractivity contribution in [3.63, 3.8) is 0 Å². The van der Waals surface area contributed by atoms with E-state index in [9.17, 15) is 36.0 Å².